The number of carbonyl (C=O) groups excluding carboxylic acids is 4. The molecule has 2 saturated heterocycles. The summed E-state index contributed by atoms with van der Waals surface area (Å²) in [5.41, 5.74) is 2.56. The third-order valence-electron chi connectivity index (χ3n) is 6.97. The van der Waals surface area contributed by atoms with E-state index in [0.29, 0.717) is 12.5 Å². The van der Waals surface area contributed by atoms with Crippen LogP contribution in [0.25, 0.3) is 0 Å². The lowest BCUT2D eigenvalue weighted by atomic mass is 9.76. The van der Waals surface area contributed by atoms with Crippen molar-refractivity contribution in [1.82, 2.24) is 5.06 Å². The first kappa shape index (κ1) is 27.0. The van der Waals surface area contributed by atoms with Crippen molar-refractivity contribution in [3.8, 4) is 0 Å². The number of rotatable bonds is 6. The van der Waals surface area contributed by atoms with E-state index < -0.39 is 54.6 Å². The molecule has 37 heavy (non-hydrogen) atoms. The lowest BCUT2D eigenvalue weighted by Crippen LogP contribution is -2.65. The van der Waals surface area contributed by atoms with Crippen LogP contribution < -0.4 is 0 Å². The van der Waals surface area contributed by atoms with E-state index in [-0.39, 0.29) is 6.04 Å². The fourth-order valence-corrected chi connectivity index (χ4v) is 5.50. The van der Waals surface area contributed by atoms with Gasteiger partial charge < -0.3 is 23.7 Å². The van der Waals surface area contributed by atoms with Crippen LogP contribution in [0.5, 0.6) is 0 Å². The molecular formula is C26H33NO10. The van der Waals surface area contributed by atoms with E-state index in [0.717, 1.165) is 46.6 Å². The van der Waals surface area contributed by atoms with E-state index in [1.54, 1.807) is 0 Å². The normalized spacial score (nSPS) is 31.3. The van der Waals surface area contributed by atoms with E-state index in [9.17, 15) is 19.2 Å². The van der Waals surface area contributed by atoms with E-state index in [1.807, 2.05) is 17.2 Å². The van der Waals surface area contributed by atoms with Crippen LogP contribution in [0, 0.1) is 5.92 Å². The highest BCUT2D eigenvalue weighted by molar-refractivity contribution is 5.77. The summed E-state index contributed by atoms with van der Waals surface area (Å²) in [6.45, 7) is 4.06. The molecule has 0 bridgehead atoms. The van der Waals surface area contributed by atoms with Gasteiger partial charge in [-0.3, -0.25) is 19.2 Å². The third-order valence-corrected chi connectivity index (χ3v) is 6.97. The quantitative estimate of drug-likeness (QED) is 0.401. The summed E-state index contributed by atoms with van der Waals surface area (Å²) in [6.07, 6.45) is -3.35. The Morgan fingerprint density at radius 2 is 1.46 bits per heavy atom. The maximum atomic E-state index is 12.7. The molecule has 1 aromatic carbocycles. The highest BCUT2D eigenvalue weighted by Gasteiger charge is 2.56. The van der Waals surface area contributed by atoms with Gasteiger partial charge in [0.25, 0.3) is 0 Å². The highest BCUT2D eigenvalue weighted by Crippen LogP contribution is 2.37. The first-order valence-corrected chi connectivity index (χ1v) is 12.4. The number of hydrogen-bond donors (Lipinski definition) is 0. The molecular weight excluding hydrogens is 486 g/mol. The van der Waals surface area contributed by atoms with Gasteiger partial charge in [0.15, 0.2) is 24.4 Å². The molecule has 2 heterocycles. The first-order chi connectivity index (χ1) is 17.7. The Morgan fingerprint density at radius 1 is 0.865 bits per heavy atom. The predicted octanol–water partition coefficient (Wildman–Crippen LogP) is 1.49. The number of benzene rings is 1. The van der Waals surface area contributed by atoms with Crippen molar-refractivity contribution in [1.29, 1.82) is 0 Å². The third kappa shape index (κ3) is 6.11. The Hall–Kier alpha value is -3.02. The van der Waals surface area contributed by atoms with Gasteiger partial charge in [-0.25, -0.2) is 4.79 Å². The standard InChI is InChI=1S/C26H33NO10/c1-14(28)33-21-22(34-15(2)29)24(35-16(3)30)26(36-23(21)25(31)32-4)37-27-11-7-10-19-12-17-8-5-6-9-18(17)13-20(19)27/h5-6,8-9,19-24,26H,7,10-13H2,1-4H3/t19?,20?,21-,22-,23-,24+,26-/m0/s1. The van der Waals surface area contributed by atoms with E-state index in [1.165, 1.54) is 18.1 Å². The number of methoxy groups -OCH3 is 1. The van der Waals surface area contributed by atoms with Gasteiger partial charge in [0.2, 0.25) is 6.29 Å². The van der Waals surface area contributed by atoms with Crippen LogP contribution in [0.15, 0.2) is 24.3 Å². The molecule has 0 aromatic heterocycles. The minimum absolute atomic E-state index is 0.0279. The lowest BCUT2D eigenvalue weighted by molar-refractivity contribution is -0.371. The van der Waals surface area contributed by atoms with Crippen molar-refractivity contribution in [2.45, 2.75) is 83.2 Å². The molecule has 4 rings (SSSR count). The van der Waals surface area contributed by atoms with Crippen LogP contribution in [0.4, 0.5) is 0 Å². The molecule has 202 valence electrons. The predicted molar refractivity (Wildman–Crippen MR) is 125 cm³/mol. The summed E-state index contributed by atoms with van der Waals surface area (Å²) in [6, 6.07) is 8.32. The SMILES string of the molecule is COC(=O)[C@H]1O[C@@H](ON2CCCC3Cc4ccccc4CC32)[C@H](OC(C)=O)[C@@H](OC(C)=O)[C@@H]1OC(C)=O. The molecule has 3 aliphatic rings. The second-order valence-corrected chi connectivity index (χ2v) is 9.56. The van der Waals surface area contributed by atoms with Crippen LogP contribution >= 0.6 is 0 Å². The van der Waals surface area contributed by atoms with Gasteiger partial charge in [-0.2, -0.15) is 5.06 Å². The molecule has 0 spiro atoms. The van der Waals surface area contributed by atoms with Gasteiger partial charge in [0.05, 0.1) is 7.11 Å². The molecule has 1 aliphatic carbocycles. The zero-order chi connectivity index (χ0) is 26.7. The summed E-state index contributed by atoms with van der Waals surface area (Å²) < 4.78 is 27.0. The van der Waals surface area contributed by atoms with Gasteiger partial charge in [-0.05, 0) is 42.7 Å². The van der Waals surface area contributed by atoms with Crippen molar-refractivity contribution in [3.63, 3.8) is 0 Å². The zero-order valence-corrected chi connectivity index (χ0v) is 21.4. The number of esters is 4. The topological polar surface area (TPSA) is 127 Å². The van der Waals surface area contributed by atoms with Crippen LogP contribution in [0.2, 0.25) is 0 Å². The largest absolute Gasteiger partial charge is 0.467 e. The fourth-order valence-electron chi connectivity index (χ4n) is 5.50. The summed E-state index contributed by atoms with van der Waals surface area (Å²) in [7, 11) is 1.15. The summed E-state index contributed by atoms with van der Waals surface area (Å²) >= 11 is 0. The summed E-state index contributed by atoms with van der Waals surface area (Å²) in [5, 5.41) is 1.82. The second-order valence-electron chi connectivity index (χ2n) is 9.56. The molecule has 2 unspecified atom stereocenters. The van der Waals surface area contributed by atoms with Crippen LogP contribution in [-0.4, -0.2) is 79.3 Å². The van der Waals surface area contributed by atoms with E-state index in [2.05, 4.69) is 12.1 Å². The number of ether oxygens (including phenoxy) is 5. The smallest absolute Gasteiger partial charge is 0.339 e. The Bertz CT molecular complexity index is 1030. The molecule has 1 aromatic rings. The molecule has 11 heteroatoms. The minimum atomic E-state index is -1.48. The molecule has 2 aliphatic heterocycles. The number of fused-ring (bicyclic) bond motifs is 2. The van der Waals surface area contributed by atoms with Crippen molar-refractivity contribution >= 4 is 23.9 Å². The van der Waals surface area contributed by atoms with Gasteiger partial charge in [-0.1, -0.05) is 24.3 Å². The van der Waals surface area contributed by atoms with E-state index in [4.69, 9.17) is 28.5 Å². The average Bonchev–Trinajstić information content (AvgIpc) is 2.85. The molecule has 0 N–H and O–H groups in total. The maximum absolute atomic E-state index is 12.7. The maximum Gasteiger partial charge on any atom is 0.339 e. The molecule has 2 fully saturated rings. The average molecular weight is 520 g/mol. The summed E-state index contributed by atoms with van der Waals surface area (Å²) in [5.74, 6) is -2.69. The zero-order valence-electron chi connectivity index (χ0n) is 21.4. The van der Waals surface area contributed by atoms with Crippen LogP contribution in [0.1, 0.15) is 44.7 Å². The van der Waals surface area contributed by atoms with Gasteiger partial charge >= 0.3 is 23.9 Å². The van der Waals surface area contributed by atoms with Crippen molar-refractivity contribution in [2.75, 3.05) is 13.7 Å². The van der Waals surface area contributed by atoms with Crippen molar-refractivity contribution < 1.29 is 47.7 Å². The van der Waals surface area contributed by atoms with Gasteiger partial charge in [-0.15, -0.1) is 0 Å². The molecule has 0 saturated carbocycles. The van der Waals surface area contributed by atoms with Crippen molar-refractivity contribution in [3.05, 3.63) is 35.4 Å². The lowest BCUT2D eigenvalue weighted by Gasteiger charge is -2.48. The highest BCUT2D eigenvalue weighted by atomic mass is 16.8. The first-order valence-electron chi connectivity index (χ1n) is 12.4. The second kappa shape index (κ2) is 11.6. The Balaban J connectivity index is 1.65. The number of carbonyl (C=O) groups is 4. The number of nitrogens with zero attached hydrogens (tertiary/aromatic N) is 1. The minimum Gasteiger partial charge on any atom is -0.467 e. The van der Waals surface area contributed by atoms with Crippen LogP contribution in [-0.2, 0) is 60.5 Å². The summed E-state index contributed by atoms with van der Waals surface area (Å²) in [4.78, 5) is 54.9. The molecule has 0 amide bonds. The number of hydroxylamine groups is 2. The molecule has 0 radical (unpaired) electrons. The Kier molecular flexibility index (Phi) is 8.46. The van der Waals surface area contributed by atoms with Gasteiger partial charge in [0.1, 0.15) is 0 Å². The van der Waals surface area contributed by atoms with E-state index >= 15 is 0 Å². The van der Waals surface area contributed by atoms with Crippen molar-refractivity contribution in [2.24, 2.45) is 5.92 Å². The molecule has 11 nitrogen and oxygen atoms in total. The molecule has 7 atom stereocenters. The monoisotopic (exact) mass is 519 g/mol. The van der Waals surface area contributed by atoms with Gasteiger partial charge in [0, 0.05) is 33.4 Å². The van der Waals surface area contributed by atoms with Crippen LogP contribution in [0.3, 0.4) is 0 Å². The number of piperidine rings is 1. The number of hydrogen-bond acceptors (Lipinski definition) is 11. The fraction of sp³-hybridized carbons (Fsp3) is 0.615. The Labute approximate surface area is 215 Å². The Morgan fingerprint density at radius 3 is 2.08 bits per heavy atom.